The number of imidazole rings is 1. The number of aromatic nitrogens is 2. The summed E-state index contributed by atoms with van der Waals surface area (Å²) in [7, 11) is 0. The number of aliphatic carboxylic acids is 1. The highest BCUT2D eigenvalue weighted by Gasteiger charge is 2.27. The molecule has 1 atom stereocenters. The number of hydrogen-bond acceptors (Lipinski definition) is 3. The van der Waals surface area contributed by atoms with Crippen molar-refractivity contribution in [1.29, 1.82) is 0 Å². The third-order valence-corrected chi connectivity index (χ3v) is 4.45. The van der Waals surface area contributed by atoms with Crippen LogP contribution in [0.15, 0.2) is 43.0 Å². The smallest absolute Gasteiger partial charge is 0.317 e. The number of carboxylic acid groups (broad SMARTS) is 1. The van der Waals surface area contributed by atoms with E-state index in [2.05, 4.69) is 10.3 Å². The Morgan fingerprint density at radius 1 is 1.24 bits per heavy atom. The van der Waals surface area contributed by atoms with Gasteiger partial charge in [-0.1, -0.05) is 24.3 Å². The SMILES string of the molecule is O=C(O)C1CCCN(C(=O)NCc2ccc(Cn3ccnc3)cc2)C1. The molecule has 0 spiro atoms. The minimum Gasteiger partial charge on any atom is -0.481 e. The summed E-state index contributed by atoms with van der Waals surface area (Å²) < 4.78 is 1.99. The molecule has 1 aromatic heterocycles. The van der Waals surface area contributed by atoms with Gasteiger partial charge in [-0.2, -0.15) is 0 Å². The number of carbonyl (C=O) groups is 2. The first-order chi connectivity index (χ1) is 12.1. The molecule has 0 saturated carbocycles. The Bertz CT molecular complexity index is 712. The van der Waals surface area contributed by atoms with Crippen LogP contribution in [0.1, 0.15) is 24.0 Å². The zero-order chi connectivity index (χ0) is 17.6. The van der Waals surface area contributed by atoms with Gasteiger partial charge in [0.15, 0.2) is 0 Å². The van der Waals surface area contributed by atoms with Gasteiger partial charge in [0.1, 0.15) is 0 Å². The molecule has 3 rings (SSSR count). The normalized spacial score (nSPS) is 17.3. The van der Waals surface area contributed by atoms with Crippen molar-refractivity contribution in [2.24, 2.45) is 5.92 Å². The molecule has 132 valence electrons. The molecule has 0 radical (unpaired) electrons. The molecule has 0 aliphatic carbocycles. The van der Waals surface area contributed by atoms with Gasteiger partial charge in [-0.05, 0) is 24.0 Å². The van der Waals surface area contributed by atoms with Crippen molar-refractivity contribution in [2.45, 2.75) is 25.9 Å². The molecule has 2 aromatic rings. The lowest BCUT2D eigenvalue weighted by Crippen LogP contribution is -2.46. The van der Waals surface area contributed by atoms with Crippen molar-refractivity contribution in [3.8, 4) is 0 Å². The van der Waals surface area contributed by atoms with E-state index in [1.54, 1.807) is 17.4 Å². The van der Waals surface area contributed by atoms with Gasteiger partial charge in [0.25, 0.3) is 0 Å². The molecule has 0 bridgehead atoms. The number of benzene rings is 1. The second-order valence-electron chi connectivity index (χ2n) is 6.33. The van der Waals surface area contributed by atoms with Gasteiger partial charge in [-0.3, -0.25) is 4.79 Å². The molecule has 7 nitrogen and oxygen atoms in total. The van der Waals surface area contributed by atoms with E-state index in [0.717, 1.165) is 24.1 Å². The quantitative estimate of drug-likeness (QED) is 0.869. The maximum Gasteiger partial charge on any atom is 0.317 e. The van der Waals surface area contributed by atoms with E-state index in [9.17, 15) is 9.59 Å². The van der Waals surface area contributed by atoms with Crippen LogP contribution < -0.4 is 5.32 Å². The number of carbonyl (C=O) groups excluding carboxylic acids is 1. The highest BCUT2D eigenvalue weighted by atomic mass is 16.4. The van der Waals surface area contributed by atoms with Crippen LogP contribution in [0.25, 0.3) is 0 Å². The summed E-state index contributed by atoms with van der Waals surface area (Å²) in [6, 6.07) is 7.84. The van der Waals surface area contributed by atoms with Gasteiger partial charge in [-0.15, -0.1) is 0 Å². The number of rotatable bonds is 5. The molecule has 1 unspecified atom stereocenters. The fourth-order valence-corrected chi connectivity index (χ4v) is 3.01. The minimum absolute atomic E-state index is 0.201. The highest BCUT2D eigenvalue weighted by molar-refractivity contribution is 5.76. The summed E-state index contributed by atoms with van der Waals surface area (Å²) in [5, 5.41) is 12.0. The summed E-state index contributed by atoms with van der Waals surface area (Å²) in [5.74, 6) is -1.28. The maximum atomic E-state index is 12.2. The first-order valence-electron chi connectivity index (χ1n) is 8.41. The Balaban J connectivity index is 1.49. The van der Waals surface area contributed by atoms with E-state index in [1.165, 1.54) is 0 Å². The molecule has 1 aromatic carbocycles. The van der Waals surface area contributed by atoms with Crippen LogP contribution in [0.5, 0.6) is 0 Å². The van der Waals surface area contributed by atoms with Gasteiger partial charge in [0.05, 0.1) is 12.2 Å². The molecule has 25 heavy (non-hydrogen) atoms. The number of hydrogen-bond donors (Lipinski definition) is 2. The van der Waals surface area contributed by atoms with Crippen LogP contribution in [0.3, 0.4) is 0 Å². The van der Waals surface area contributed by atoms with Crippen LogP contribution in [0.4, 0.5) is 4.79 Å². The monoisotopic (exact) mass is 342 g/mol. The van der Waals surface area contributed by atoms with Gasteiger partial charge < -0.3 is 19.9 Å². The molecular formula is C18H22N4O3. The zero-order valence-corrected chi connectivity index (χ0v) is 14.0. The van der Waals surface area contributed by atoms with Crippen molar-refractivity contribution in [1.82, 2.24) is 19.8 Å². The van der Waals surface area contributed by atoms with Crippen LogP contribution in [-0.4, -0.2) is 44.6 Å². The molecule has 2 amide bonds. The summed E-state index contributed by atoms with van der Waals surface area (Å²) >= 11 is 0. The largest absolute Gasteiger partial charge is 0.481 e. The summed E-state index contributed by atoms with van der Waals surface area (Å²) in [4.78, 5) is 28.9. The Hall–Kier alpha value is -2.83. The van der Waals surface area contributed by atoms with Crippen molar-refractivity contribution in [3.63, 3.8) is 0 Å². The number of likely N-dealkylation sites (tertiary alicyclic amines) is 1. The van der Waals surface area contributed by atoms with Crippen LogP contribution in [-0.2, 0) is 17.9 Å². The highest BCUT2D eigenvalue weighted by Crippen LogP contribution is 2.16. The minimum atomic E-state index is -0.828. The topological polar surface area (TPSA) is 87.5 Å². The number of amides is 2. The summed E-state index contributed by atoms with van der Waals surface area (Å²) in [5.41, 5.74) is 2.17. The van der Waals surface area contributed by atoms with E-state index in [-0.39, 0.29) is 12.6 Å². The Kier molecular flexibility index (Phi) is 5.33. The number of piperidine rings is 1. The van der Waals surface area contributed by atoms with Crippen LogP contribution in [0.2, 0.25) is 0 Å². The lowest BCUT2D eigenvalue weighted by atomic mass is 9.99. The predicted octanol–water partition coefficient (Wildman–Crippen LogP) is 1.94. The third kappa shape index (κ3) is 4.59. The number of carboxylic acids is 1. The third-order valence-electron chi connectivity index (χ3n) is 4.45. The van der Waals surface area contributed by atoms with Gasteiger partial charge >= 0.3 is 12.0 Å². The number of urea groups is 1. The first kappa shape index (κ1) is 17.0. The average Bonchev–Trinajstić information content (AvgIpc) is 3.14. The second-order valence-corrected chi connectivity index (χ2v) is 6.33. The Morgan fingerprint density at radius 2 is 2.00 bits per heavy atom. The van der Waals surface area contributed by atoms with E-state index >= 15 is 0 Å². The zero-order valence-electron chi connectivity index (χ0n) is 14.0. The van der Waals surface area contributed by atoms with E-state index in [0.29, 0.717) is 19.5 Å². The standard InChI is InChI=1S/C18H22N4O3/c23-17(24)16-2-1-8-22(12-16)18(25)20-10-14-3-5-15(6-4-14)11-21-9-7-19-13-21/h3-7,9,13,16H,1-2,8,10-12H2,(H,20,25)(H,23,24). The number of nitrogens with one attached hydrogen (secondary N) is 1. The van der Waals surface area contributed by atoms with Crippen molar-refractivity contribution in [3.05, 3.63) is 54.1 Å². The molecule has 1 saturated heterocycles. The second kappa shape index (κ2) is 7.83. The van der Waals surface area contributed by atoms with Gasteiger partial charge in [0, 0.05) is 38.6 Å². The molecule has 2 heterocycles. The molecule has 1 aliphatic heterocycles. The maximum absolute atomic E-state index is 12.2. The van der Waals surface area contributed by atoms with Crippen molar-refractivity contribution >= 4 is 12.0 Å². The van der Waals surface area contributed by atoms with Crippen molar-refractivity contribution in [2.75, 3.05) is 13.1 Å². The van der Waals surface area contributed by atoms with E-state index < -0.39 is 11.9 Å². The lowest BCUT2D eigenvalue weighted by molar-refractivity contribution is -0.143. The fraction of sp³-hybridized carbons (Fsp3) is 0.389. The average molecular weight is 342 g/mol. The van der Waals surface area contributed by atoms with Crippen LogP contribution >= 0.6 is 0 Å². The molecule has 1 fully saturated rings. The van der Waals surface area contributed by atoms with Crippen LogP contribution in [0, 0.1) is 5.92 Å². The molecular weight excluding hydrogens is 320 g/mol. The summed E-state index contributed by atoms with van der Waals surface area (Å²) in [6.07, 6.45) is 6.80. The van der Waals surface area contributed by atoms with E-state index in [4.69, 9.17) is 5.11 Å². The van der Waals surface area contributed by atoms with E-state index in [1.807, 2.05) is 35.0 Å². The number of nitrogens with zero attached hydrogens (tertiary/aromatic N) is 3. The fourth-order valence-electron chi connectivity index (χ4n) is 3.01. The molecule has 2 N–H and O–H groups in total. The van der Waals surface area contributed by atoms with Crippen molar-refractivity contribution < 1.29 is 14.7 Å². The summed E-state index contributed by atoms with van der Waals surface area (Å²) in [6.45, 7) is 2.08. The van der Waals surface area contributed by atoms with Gasteiger partial charge in [0.2, 0.25) is 0 Å². The Morgan fingerprint density at radius 3 is 2.68 bits per heavy atom. The first-order valence-corrected chi connectivity index (χ1v) is 8.41. The van der Waals surface area contributed by atoms with Gasteiger partial charge in [-0.25, -0.2) is 9.78 Å². The molecule has 1 aliphatic rings. The predicted molar refractivity (Wildman–Crippen MR) is 91.9 cm³/mol. The molecule has 7 heteroatoms. The lowest BCUT2D eigenvalue weighted by Gasteiger charge is -2.30. The Labute approximate surface area is 146 Å².